The number of hydrogen-bond donors (Lipinski definition) is 1. The maximum atomic E-state index is 13.0. The number of benzene rings is 2. The third kappa shape index (κ3) is 3.92. The van der Waals surface area contributed by atoms with E-state index in [0.29, 0.717) is 17.9 Å². The number of ether oxygens (including phenoxy) is 1. The largest absolute Gasteiger partial charge is 0.480 e. The van der Waals surface area contributed by atoms with Crippen LogP contribution in [0.4, 0.5) is 5.69 Å². The van der Waals surface area contributed by atoms with Gasteiger partial charge in [0.25, 0.3) is 0 Å². The van der Waals surface area contributed by atoms with Gasteiger partial charge < -0.3 is 10.5 Å². The van der Waals surface area contributed by atoms with Crippen molar-refractivity contribution in [2.45, 2.75) is 46.1 Å². The van der Waals surface area contributed by atoms with Crippen LogP contribution in [0.25, 0.3) is 0 Å². The van der Waals surface area contributed by atoms with E-state index in [9.17, 15) is 4.79 Å². The Morgan fingerprint density at radius 2 is 1.83 bits per heavy atom. The van der Waals surface area contributed by atoms with E-state index in [1.165, 1.54) is 5.56 Å². The number of carbonyl (C=O) groups excluding carboxylic acids is 1. The Bertz CT molecular complexity index is 679. The van der Waals surface area contributed by atoms with Crippen LogP contribution in [0.1, 0.15) is 48.7 Å². The summed E-state index contributed by atoms with van der Waals surface area (Å²) in [6.45, 7) is 6.11. The predicted molar refractivity (Wildman–Crippen MR) is 95.1 cm³/mol. The number of anilines is 1. The van der Waals surface area contributed by atoms with Gasteiger partial charge in [-0.15, -0.1) is 0 Å². The fourth-order valence-corrected chi connectivity index (χ4v) is 2.62. The minimum absolute atomic E-state index is 0.0305. The van der Waals surface area contributed by atoms with Gasteiger partial charge in [0, 0.05) is 5.56 Å². The van der Waals surface area contributed by atoms with Gasteiger partial charge in [-0.3, -0.25) is 4.79 Å². The van der Waals surface area contributed by atoms with Crippen molar-refractivity contribution >= 4 is 11.5 Å². The number of ketones is 1. The highest BCUT2D eigenvalue weighted by Gasteiger charge is 2.23. The summed E-state index contributed by atoms with van der Waals surface area (Å²) in [6.07, 6.45) is 1.83. The molecule has 0 saturated carbocycles. The Balaban J connectivity index is 2.31. The number of hydrogen-bond acceptors (Lipinski definition) is 3. The Kier molecular flexibility index (Phi) is 5.80. The highest BCUT2D eigenvalue weighted by molar-refractivity contribution is 6.01. The molecule has 0 amide bonds. The summed E-state index contributed by atoms with van der Waals surface area (Å²) in [7, 11) is 0. The van der Waals surface area contributed by atoms with E-state index in [-0.39, 0.29) is 5.78 Å². The molecule has 0 aliphatic heterocycles. The molecule has 1 unspecified atom stereocenters. The zero-order chi connectivity index (χ0) is 16.8. The molecule has 0 aliphatic carbocycles. The molecular formula is C20H25NO2. The lowest BCUT2D eigenvalue weighted by atomic mass is 9.94. The summed E-state index contributed by atoms with van der Waals surface area (Å²) in [5.41, 5.74) is 9.48. The Hall–Kier alpha value is -2.29. The zero-order valence-corrected chi connectivity index (χ0v) is 14.1. The predicted octanol–water partition coefficient (Wildman–Crippen LogP) is 4.43. The van der Waals surface area contributed by atoms with Crippen molar-refractivity contribution in [3.63, 3.8) is 0 Å². The van der Waals surface area contributed by atoms with Crippen LogP contribution < -0.4 is 10.5 Å². The lowest BCUT2D eigenvalue weighted by molar-refractivity contribution is 0.0787. The van der Waals surface area contributed by atoms with Crippen LogP contribution in [0, 0.1) is 0 Å². The van der Waals surface area contributed by atoms with E-state index in [0.717, 1.165) is 24.0 Å². The summed E-state index contributed by atoms with van der Waals surface area (Å²) in [5, 5.41) is 0. The molecule has 0 aliphatic rings. The van der Waals surface area contributed by atoms with Crippen molar-refractivity contribution in [2.24, 2.45) is 0 Å². The van der Waals surface area contributed by atoms with Crippen LogP contribution in [0.3, 0.4) is 0 Å². The highest BCUT2D eigenvalue weighted by Crippen LogP contribution is 2.24. The van der Waals surface area contributed by atoms with Crippen LogP contribution in [-0.4, -0.2) is 11.9 Å². The minimum Gasteiger partial charge on any atom is -0.480 e. The highest BCUT2D eigenvalue weighted by atomic mass is 16.5. The summed E-state index contributed by atoms with van der Waals surface area (Å²) >= 11 is 0. The fourth-order valence-electron chi connectivity index (χ4n) is 2.62. The summed E-state index contributed by atoms with van der Waals surface area (Å²) in [4.78, 5) is 13.0. The van der Waals surface area contributed by atoms with Crippen molar-refractivity contribution in [1.29, 1.82) is 0 Å². The topological polar surface area (TPSA) is 52.3 Å². The quantitative estimate of drug-likeness (QED) is 0.608. The normalized spacial score (nSPS) is 12.0. The van der Waals surface area contributed by atoms with E-state index in [4.69, 9.17) is 10.5 Å². The van der Waals surface area contributed by atoms with E-state index in [2.05, 4.69) is 26.0 Å². The van der Waals surface area contributed by atoms with E-state index >= 15 is 0 Å². The van der Waals surface area contributed by atoms with Crippen LogP contribution in [0.15, 0.2) is 42.5 Å². The third-order valence-electron chi connectivity index (χ3n) is 4.08. The molecule has 2 aromatic rings. The fraction of sp³-hybridized carbons (Fsp3) is 0.350. The van der Waals surface area contributed by atoms with Gasteiger partial charge in [-0.1, -0.05) is 45.0 Å². The number of carbonyl (C=O) groups is 1. The van der Waals surface area contributed by atoms with Crippen molar-refractivity contribution in [2.75, 3.05) is 5.73 Å². The van der Waals surface area contributed by atoms with Gasteiger partial charge in [-0.2, -0.15) is 0 Å². The van der Waals surface area contributed by atoms with Gasteiger partial charge in [-0.05, 0) is 48.6 Å². The molecule has 23 heavy (non-hydrogen) atoms. The van der Waals surface area contributed by atoms with Gasteiger partial charge in [-0.25, -0.2) is 0 Å². The van der Waals surface area contributed by atoms with Crippen LogP contribution in [-0.2, 0) is 12.8 Å². The van der Waals surface area contributed by atoms with Crippen LogP contribution in [0.5, 0.6) is 5.75 Å². The number of nitrogens with two attached hydrogens (primary N) is 1. The van der Waals surface area contributed by atoms with Gasteiger partial charge in [0.15, 0.2) is 6.10 Å². The summed E-state index contributed by atoms with van der Waals surface area (Å²) < 4.78 is 5.91. The molecule has 1 atom stereocenters. The molecule has 2 rings (SSSR count). The molecule has 2 aromatic carbocycles. The lowest BCUT2D eigenvalue weighted by Gasteiger charge is -2.19. The van der Waals surface area contributed by atoms with Crippen molar-refractivity contribution in [3.05, 3.63) is 59.2 Å². The van der Waals surface area contributed by atoms with E-state index in [1.54, 1.807) is 12.1 Å². The Morgan fingerprint density at radius 3 is 2.43 bits per heavy atom. The van der Waals surface area contributed by atoms with Gasteiger partial charge in [0.1, 0.15) is 5.75 Å². The molecule has 0 fully saturated rings. The second-order valence-corrected chi connectivity index (χ2v) is 5.62. The average molecular weight is 311 g/mol. The Morgan fingerprint density at radius 1 is 1.09 bits per heavy atom. The zero-order valence-electron chi connectivity index (χ0n) is 14.1. The standard InChI is InChI=1S/C20H25NO2/c1-4-14-11-12-15(5-2)16(13-14)20(22)18(6-3)23-19-10-8-7-9-17(19)21/h7-13,18H,4-6,21H2,1-3H3. The maximum absolute atomic E-state index is 13.0. The molecule has 0 aromatic heterocycles. The first-order valence-electron chi connectivity index (χ1n) is 8.27. The van der Waals surface area contributed by atoms with E-state index < -0.39 is 6.10 Å². The number of nitrogen functional groups attached to an aromatic ring is 1. The molecular weight excluding hydrogens is 286 g/mol. The smallest absolute Gasteiger partial charge is 0.203 e. The molecule has 122 valence electrons. The second-order valence-electron chi connectivity index (χ2n) is 5.62. The molecule has 3 nitrogen and oxygen atoms in total. The lowest BCUT2D eigenvalue weighted by Crippen LogP contribution is -2.28. The van der Waals surface area contributed by atoms with Crippen LogP contribution in [0.2, 0.25) is 0 Å². The summed E-state index contributed by atoms with van der Waals surface area (Å²) in [5.74, 6) is 0.597. The number of aryl methyl sites for hydroxylation is 2. The van der Waals surface area contributed by atoms with E-state index in [1.807, 2.05) is 25.1 Å². The average Bonchev–Trinajstić information content (AvgIpc) is 2.59. The molecule has 2 N–H and O–H groups in total. The van der Waals surface area contributed by atoms with Gasteiger partial charge in [0.05, 0.1) is 5.69 Å². The first kappa shape index (κ1) is 17.1. The molecule has 0 bridgehead atoms. The number of para-hydroxylation sites is 2. The van der Waals surface area contributed by atoms with Gasteiger partial charge >= 0.3 is 0 Å². The first-order chi connectivity index (χ1) is 11.1. The molecule has 0 radical (unpaired) electrons. The van der Waals surface area contributed by atoms with Crippen molar-refractivity contribution in [1.82, 2.24) is 0 Å². The molecule has 0 saturated heterocycles. The van der Waals surface area contributed by atoms with Crippen molar-refractivity contribution in [3.8, 4) is 5.75 Å². The van der Waals surface area contributed by atoms with Crippen LogP contribution >= 0.6 is 0 Å². The maximum Gasteiger partial charge on any atom is 0.203 e. The second kappa shape index (κ2) is 7.82. The molecule has 0 heterocycles. The van der Waals surface area contributed by atoms with Gasteiger partial charge in [0.2, 0.25) is 5.78 Å². The Labute approximate surface area is 138 Å². The third-order valence-corrected chi connectivity index (χ3v) is 4.08. The number of Topliss-reactive ketones (excluding diaryl/α,β-unsaturated/α-hetero) is 1. The SMILES string of the molecule is CCc1ccc(CC)c(C(=O)C(CC)Oc2ccccc2N)c1. The minimum atomic E-state index is -0.517. The van der Waals surface area contributed by atoms with Crippen molar-refractivity contribution < 1.29 is 9.53 Å². The first-order valence-corrected chi connectivity index (χ1v) is 8.27. The summed E-state index contributed by atoms with van der Waals surface area (Å²) in [6, 6.07) is 13.4. The number of rotatable bonds is 7. The monoisotopic (exact) mass is 311 g/mol. The molecule has 3 heteroatoms. The molecule has 0 spiro atoms.